The van der Waals surface area contributed by atoms with Crippen molar-refractivity contribution in [3.05, 3.63) is 42.0 Å². The van der Waals surface area contributed by atoms with E-state index in [9.17, 15) is 0 Å². The van der Waals surface area contributed by atoms with E-state index in [1.807, 2.05) is 18.8 Å². The maximum absolute atomic E-state index is 3.25. The van der Waals surface area contributed by atoms with Crippen molar-refractivity contribution in [3.8, 4) is 0 Å². The van der Waals surface area contributed by atoms with E-state index in [1.54, 1.807) is 0 Å². The summed E-state index contributed by atoms with van der Waals surface area (Å²) < 4.78 is 0. The number of nitrogens with one attached hydrogen (secondary N) is 1. The molecule has 0 radical (unpaired) electrons. The quantitative estimate of drug-likeness (QED) is 0.602. The molecule has 15 heavy (non-hydrogen) atoms. The van der Waals surface area contributed by atoms with Gasteiger partial charge < -0.3 is 5.32 Å². The predicted octanol–water partition coefficient (Wildman–Crippen LogP) is 3.64. The molecule has 0 saturated heterocycles. The van der Waals surface area contributed by atoms with Crippen LogP contribution >= 0.6 is 11.8 Å². The molecule has 1 unspecified atom stereocenters. The fourth-order valence-corrected chi connectivity index (χ4v) is 2.16. The van der Waals surface area contributed by atoms with Crippen LogP contribution in [-0.4, -0.2) is 12.8 Å². The smallest absolute Gasteiger partial charge is 0.0289 e. The lowest BCUT2D eigenvalue weighted by atomic mass is 10.1. The average molecular weight is 221 g/mol. The zero-order valence-corrected chi connectivity index (χ0v) is 10.5. The van der Waals surface area contributed by atoms with E-state index in [1.165, 1.54) is 10.5 Å². The molecule has 0 saturated carbocycles. The lowest BCUT2D eigenvalue weighted by Gasteiger charge is -2.11. The second-order valence-electron chi connectivity index (χ2n) is 3.46. The summed E-state index contributed by atoms with van der Waals surface area (Å²) in [5.74, 6) is 1.05. The van der Waals surface area contributed by atoms with Gasteiger partial charge in [0, 0.05) is 16.7 Å². The highest BCUT2D eigenvalue weighted by Gasteiger charge is 2.02. The van der Waals surface area contributed by atoms with Crippen molar-refractivity contribution >= 4 is 11.8 Å². The Morgan fingerprint density at radius 3 is 2.93 bits per heavy atom. The first-order chi connectivity index (χ1) is 7.27. The summed E-state index contributed by atoms with van der Waals surface area (Å²) in [5.41, 5.74) is 1.35. The van der Waals surface area contributed by atoms with Crippen molar-refractivity contribution in [1.29, 1.82) is 0 Å². The van der Waals surface area contributed by atoms with Gasteiger partial charge in [0.25, 0.3) is 0 Å². The molecule has 0 fully saturated rings. The molecule has 0 aliphatic heterocycles. The minimum absolute atomic E-state index is 0.423. The molecule has 1 N–H and O–H groups in total. The first-order valence-corrected chi connectivity index (χ1v) is 6.27. The molecule has 0 spiro atoms. The number of rotatable bonds is 5. The van der Waals surface area contributed by atoms with Crippen LogP contribution in [0.5, 0.6) is 0 Å². The Morgan fingerprint density at radius 1 is 1.47 bits per heavy atom. The highest BCUT2D eigenvalue weighted by Crippen LogP contribution is 2.22. The largest absolute Gasteiger partial charge is 0.313 e. The molecule has 2 heteroatoms. The molecular weight excluding hydrogens is 202 g/mol. The monoisotopic (exact) mass is 221 g/mol. The molecule has 1 atom stereocenters. The highest BCUT2D eigenvalue weighted by molar-refractivity contribution is 7.99. The number of allylic oxidation sites excluding steroid dienone is 1. The van der Waals surface area contributed by atoms with Crippen LogP contribution in [-0.2, 0) is 0 Å². The van der Waals surface area contributed by atoms with Gasteiger partial charge in [-0.05, 0) is 38.6 Å². The lowest BCUT2D eigenvalue weighted by molar-refractivity contribution is 0.651. The third-order valence-electron chi connectivity index (χ3n) is 2.37. The number of thioether (sulfide) groups is 1. The van der Waals surface area contributed by atoms with Crippen LogP contribution in [0.2, 0.25) is 0 Å². The topological polar surface area (TPSA) is 12.0 Å². The Morgan fingerprint density at radius 2 is 2.27 bits per heavy atom. The first kappa shape index (κ1) is 12.3. The van der Waals surface area contributed by atoms with Crippen molar-refractivity contribution < 1.29 is 0 Å². The van der Waals surface area contributed by atoms with Gasteiger partial charge >= 0.3 is 0 Å². The molecular formula is C13H19NS. The lowest BCUT2D eigenvalue weighted by Crippen LogP contribution is -2.11. The molecule has 0 aliphatic rings. The van der Waals surface area contributed by atoms with E-state index < -0.39 is 0 Å². The van der Waals surface area contributed by atoms with Crippen molar-refractivity contribution in [2.45, 2.75) is 24.8 Å². The van der Waals surface area contributed by atoms with Crippen molar-refractivity contribution in [2.75, 3.05) is 12.8 Å². The van der Waals surface area contributed by atoms with Gasteiger partial charge in [-0.1, -0.05) is 24.3 Å². The van der Waals surface area contributed by atoms with Crippen LogP contribution < -0.4 is 5.32 Å². The zero-order chi connectivity index (χ0) is 11.1. The fraction of sp³-hybridized carbons (Fsp3) is 0.385. The van der Waals surface area contributed by atoms with E-state index in [0.717, 1.165) is 5.75 Å². The van der Waals surface area contributed by atoms with Gasteiger partial charge in [0.15, 0.2) is 0 Å². The van der Waals surface area contributed by atoms with Gasteiger partial charge in [-0.15, -0.1) is 11.8 Å². The summed E-state index contributed by atoms with van der Waals surface area (Å²) in [5, 5.41) is 3.25. The van der Waals surface area contributed by atoms with Gasteiger partial charge in [0.1, 0.15) is 0 Å². The molecule has 0 aromatic heterocycles. The van der Waals surface area contributed by atoms with Crippen molar-refractivity contribution in [3.63, 3.8) is 0 Å². The normalized spacial score (nSPS) is 13.3. The van der Waals surface area contributed by atoms with Crippen LogP contribution in [0, 0.1) is 0 Å². The third-order valence-corrected chi connectivity index (χ3v) is 3.32. The Balaban J connectivity index is 2.65. The maximum atomic E-state index is 3.25. The molecule has 1 rings (SSSR count). The van der Waals surface area contributed by atoms with E-state index in [2.05, 4.69) is 55.6 Å². The molecule has 0 bridgehead atoms. The maximum Gasteiger partial charge on any atom is 0.0289 e. The average Bonchev–Trinajstić information content (AvgIpc) is 2.29. The van der Waals surface area contributed by atoms with Gasteiger partial charge in [0.2, 0.25) is 0 Å². The number of benzene rings is 1. The standard InChI is InChI=1S/C13H19NS/c1-4-5-9-15-13-8-6-7-12(10-13)11(2)14-3/h4-8,10-11,14H,9H2,1-3H3. The van der Waals surface area contributed by atoms with Gasteiger partial charge in [-0.25, -0.2) is 0 Å². The Kier molecular flexibility index (Phi) is 5.51. The Hall–Kier alpha value is -0.730. The van der Waals surface area contributed by atoms with Crippen LogP contribution in [0.15, 0.2) is 41.3 Å². The van der Waals surface area contributed by atoms with Gasteiger partial charge in [-0.2, -0.15) is 0 Å². The minimum atomic E-state index is 0.423. The highest BCUT2D eigenvalue weighted by atomic mass is 32.2. The third kappa shape index (κ3) is 4.10. The number of hydrogen-bond donors (Lipinski definition) is 1. The number of hydrogen-bond acceptors (Lipinski definition) is 2. The van der Waals surface area contributed by atoms with Gasteiger partial charge in [-0.3, -0.25) is 0 Å². The SMILES string of the molecule is CC=CCSc1cccc(C(C)NC)c1. The summed E-state index contributed by atoms with van der Waals surface area (Å²) in [6.45, 7) is 4.23. The molecule has 1 aromatic carbocycles. The van der Waals surface area contributed by atoms with Crippen LogP contribution in [0.25, 0.3) is 0 Å². The van der Waals surface area contributed by atoms with E-state index in [4.69, 9.17) is 0 Å². The van der Waals surface area contributed by atoms with E-state index in [-0.39, 0.29) is 0 Å². The molecule has 0 heterocycles. The van der Waals surface area contributed by atoms with Crippen molar-refractivity contribution in [2.24, 2.45) is 0 Å². The van der Waals surface area contributed by atoms with Gasteiger partial charge in [0.05, 0.1) is 0 Å². The summed E-state index contributed by atoms with van der Waals surface area (Å²) in [7, 11) is 1.99. The Labute approximate surface area is 97.0 Å². The molecule has 1 aromatic rings. The first-order valence-electron chi connectivity index (χ1n) is 5.29. The fourth-order valence-electron chi connectivity index (χ4n) is 1.28. The second-order valence-corrected chi connectivity index (χ2v) is 4.56. The predicted molar refractivity (Wildman–Crippen MR) is 69.5 cm³/mol. The molecule has 82 valence electrons. The molecule has 0 aliphatic carbocycles. The van der Waals surface area contributed by atoms with E-state index >= 15 is 0 Å². The second kappa shape index (κ2) is 6.70. The zero-order valence-electron chi connectivity index (χ0n) is 9.66. The summed E-state index contributed by atoms with van der Waals surface area (Å²) in [6.07, 6.45) is 4.27. The van der Waals surface area contributed by atoms with Crippen molar-refractivity contribution in [1.82, 2.24) is 5.32 Å². The Bertz CT molecular complexity index is 320. The summed E-state index contributed by atoms with van der Waals surface area (Å²) in [6, 6.07) is 9.14. The minimum Gasteiger partial charge on any atom is -0.313 e. The molecule has 1 nitrogen and oxygen atoms in total. The summed E-state index contributed by atoms with van der Waals surface area (Å²) in [4.78, 5) is 1.34. The van der Waals surface area contributed by atoms with Crippen LogP contribution in [0.3, 0.4) is 0 Å². The van der Waals surface area contributed by atoms with Crippen LogP contribution in [0.4, 0.5) is 0 Å². The summed E-state index contributed by atoms with van der Waals surface area (Å²) >= 11 is 1.87. The van der Waals surface area contributed by atoms with E-state index in [0.29, 0.717) is 6.04 Å². The van der Waals surface area contributed by atoms with Crippen LogP contribution in [0.1, 0.15) is 25.5 Å². The molecule has 0 amide bonds.